The van der Waals surface area contributed by atoms with E-state index in [1.807, 2.05) is 51.6 Å². The lowest BCUT2D eigenvalue weighted by Gasteiger charge is -2.53. The number of hydrogen-bond acceptors (Lipinski definition) is 7. The second-order valence-corrected chi connectivity index (χ2v) is 15.4. The van der Waals surface area contributed by atoms with Gasteiger partial charge in [-0.25, -0.2) is 14.8 Å². The van der Waals surface area contributed by atoms with E-state index in [0.717, 1.165) is 75.0 Å². The van der Waals surface area contributed by atoms with Crippen LogP contribution in [0.25, 0.3) is 11.3 Å². The number of aromatic nitrogens is 4. The molecule has 7 rings (SSSR count). The summed E-state index contributed by atoms with van der Waals surface area (Å²) in [5.74, 6) is 1.36. The molecule has 12 nitrogen and oxygen atoms in total. The number of benzene rings is 1. The number of methoxy groups -OCH3 is 1. The number of ether oxygens (including phenoxy) is 1. The second-order valence-electron chi connectivity index (χ2n) is 15.4. The molecule has 0 spiro atoms. The molecule has 4 N–H and O–H groups in total. The number of alkyl carbamates (subject to hydrolysis) is 1. The minimum absolute atomic E-state index is 0.0281. The Labute approximate surface area is 295 Å². The number of nitrogens with zero attached hydrogens (tertiary/aromatic N) is 4. The number of rotatable bonds is 11. The summed E-state index contributed by atoms with van der Waals surface area (Å²) in [6.07, 6.45) is 12.0. The number of amides is 3. The second kappa shape index (κ2) is 14.2. The largest absolute Gasteiger partial charge is 0.453 e. The van der Waals surface area contributed by atoms with Crippen molar-refractivity contribution in [3.8, 4) is 11.3 Å². The number of carbonyl (C=O) groups is 3. The van der Waals surface area contributed by atoms with Crippen molar-refractivity contribution in [1.29, 1.82) is 0 Å². The number of likely N-dealkylation sites (tertiary alicyclic amines) is 1. The molecule has 1 unspecified atom stereocenters. The van der Waals surface area contributed by atoms with Gasteiger partial charge in [-0.1, -0.05) is 38.1 Å². The molecule has 2 aromatic heterocycles. The Balaban J connectivity index is 1.08. The van der Waals surface area contributed by atoms with Crippen LogP contribution in [0.2, 0.25) is 0 Å². The monoisotopic (exact) mass is 686 g/mol. The topological polar surface area (TPSA) is 148 Å². The summed E-state index contributed by atoms with van der Waals surface area (Å²) < 4.78 is 4.68. The predicted molar refractivity (Wildman–Crippen MR) is 191 cm³/mol. The smallest absolute Gasteiger partial charge is 0.407 e. The van der Waals surface area contributed by atoms with Crippen LogP contribution in [0.5, 0.6) is 0 Å². The first-order valence-corrected chi connectivity index (χ1v) is 18.2. The summed E-state index contributed by atoms with van der Waals surface area (Å²) in [6, 6.07) is 7.68. The molecule has 4 fully saturated rings. The molecule has 3 saturated carbocycles. The standard InChI is InChI=1S/C38H54N8O4/c1-23(2)31(44-36(49)50-7)34(47)41-24(3)32-39-21-28(42-32)26-10-12-27(13-11-26)37-14-17-38(18-15-37,19-16-37)30-22-40-33(43-30)29-9-8-20-46(29)35(48)25(4)45(5)6/h10-13,21-25,29,31H,8-9,14-20H2,1-7H3,(H,39,42)(H,40,43)(H,41,47)(H,44,49)/t24-,25?,29-,31-,37?,38?/m0/s1. The number of H-pyrrole nitrogens is 2. The van der Waals surface area contributed by atoms with Crippen molar-refractivity contribution in [1.82, 2.24) is 40.4 Å². The zero-order valence-corrected chi connectivity index (χ0v) is 30.6. The Bertz CT molecular complexity index is 1650. The van der Waals surface area contributed by atoms with E-state index >= 15 is 0 Å². The first-order chi connectivity index (χ1) is 23.9. The highest BCUT2D eigenvalue weighted by Crippen LogP contribution is 2.58. The molecule has 3 amide bonds. The number of fused-ring (bicyclic) bond motifs is 3. The number of likely N-dealkylation sites (N-methyl/N-ethyl adjacent to an activating group) is 1. The Morgan fingerprint density at radius 1 is 0.920 bits per heavy atom. The maximum Gasteiger partial charge on any atom is 0.407 e. The lowest BCUT2D eigenvalue weighted by atomic mass is 9.51. The molecule has 3 aromatic rings. The van der Waals surface area contributed by atoms with Crippen LogP contribution in [0.4, 0.5) is 4.79 Å². The van der Waals surface area contributed by atoms with Crippen LogP contribution in [0.3, 0.4) is 0 Å². The first-order valence-electron chi connectivity index (χ1n) is 18.2. The molecule has 270 valence electrons. The van der Waals surface area contributed by atoms with Gasteiger partial charge in [-0.2, -0.15) is 0 Å². The van der Waals surface area contributed by atoms with Crippen LogP contribution in [-0.4, -0.2) is 87.5 Å². The lowest BCUT2D eigenvalue weighted by molar-refractivity contribution is -0.136. The third-order valence-corrected chi connectivity index (χ3v) is 12.0. The highest BCUT2D eigenvalue weighted by molar-refractivity contribution is 5.86. The summed E-state index contributed by atoms with van der Waals surface area (Å²) in [6.45, 7) is 8.37. The molecule has 2 bridgehead atoms. The van der Waals surface area contributed by atoms with Gasteiger partial charge in [0.05, 0.1) is 37.1 Å². The Morgan fingerprint density at radius 2 is 1.58 bits per heavy atom. The van der Waals surface area contributed by atoms with Crippen LogP contribution in [0, 0.1) is 5.92 Å². The Kier molecular flexibility index (Phi) is 10.1. The van der Waals surface area contributed by atoms with E-state index in [1.54, 1.807) is 6.20 Å². The fourth-order valence-electron chi connectivity index (χ4n) is 8.37. The lowest BCUT2D eigenvalue weighted by Crippen LogP contribution is -2.50. The number of hydrogen-bond donors (Lipinski definition) is 4. The predicted octanol–water partition coefficient (Wildman–Crippen LogP) is 5.51. The zero-order chi connectivity index (χ0) is 35.8. The number of carbonyl (C=O) groups excluding carboxylic acids is 3. The fraction of sp³-hybridized carbons (Fsp3) is 0.605. The van der Waals surface area contributed by atoms with E-state index in [1.165, 1.54) is 18.4 Å². The molecule has 1 saturated heterocycles. The summed E-state index contributed by atoms with van der Waals surface area (Å²) in [5.41, 5.74) is 4.88. The van der Waals surface area contributed by atoms with Gasteiger partial charge in [0, 0.05) is 23.9 Å². The van der Waals surface area contributed by atoms with Gasteiger partial charge in [0.15, 0.2) is 0 Å². The maximum absolute atomic E-state index is 13.2. The third-order valence-electron chi connectivity index (χ3n) is 12.0. The average Bonchev–Trinajstić information content (AvgIpc) is 3.92. The molecular formula is C38H54N8O4. The molecule has 3 aliphatic carbocycles. The normalized spacial score (nSPS) is 25.1. The highest BCUT2D eigenvalue weighted by Gasteiger charge is 2.51. The molecule has 4 aliphatic rings. The average molecular weight is 687 g/mol. The van der Waals surface area contributed by atoms with Gasteiger partial charge in [0.2, 0.25) is 11.8 Å². The van der Waals surface area contributed by atoms with Crippen LogP contribution >= 0.6 is 0 Å². The van der Waals surface area contributed by atoms with E-state index in [-0.39, 0.29) is 46.7 Å². The summed E-state index contributed by atoms with van der Waals surface area (Å²) >= 11 is 0. The van der Waals surface area contributed by atoms with Crippen molar-refractivity contribution in [3.05, 3.63) is 59.6 Å². The van der Waals surface area contributed by atoms with E-state index in [2.05, 4.69) is 60.8 Å². The van der Waals surface area contributed by atoms with E-state index in [0.29, 0.717) is 5.82 Å². The van der Waals surface area contributed by atoms with Gasteiger partial charge in [-0.05, 0) is 102 Å². The van der Waals surface area contributed by atoms with Crippen LogP contribution in [-0.2, 0) is 25.2 Å². The molecule has 1 aromatic carbocycles. The van der Waals surface area contributed by atoms with Gasteiger partial charge in [-0.3, -0.25) is 14.5 Å². The molecule has 12 heteroatoms. The molecule has 50 heavy (non-hydrogen) atoms. The maximum atomic E-state index is 13.2. The van der Waals surface area contributed by atoms with Crippen molar-refractivity contribution in [2.75, 3.05) is 27.7 Å². The summed E-state index contributed by atoms with van der Waals surface area (Å²) in [7, 11) is 5.19. The fourth-order valence-corrected chi connectivity index (χ4v) is 8.37. The SMILES string of the molecule is COC(=O)N[C@H](C(=O)N[C@@H](C)c1ncc(-c2ccc(C34CCC(c5cnc([C@@H]6CCCN6C(=O)C(C)N(C)C)[nH]5)(CC3)CC4)cc2)[nH]1)C(C)C. The van der Waals surface area contributed by atoms with Crippen molar-refractivity contribution < 1.29 is 19.1 Å². The van der Waals surface area contributed by atoms with Gasteiger partial charge >= 0.3 is 6.09 Å². The van der Waals surface area contributed by atoms with Crippen molar-refractivity contribution in [2.45, 2.75) is 114 Å². The summed E-state index contributed by atoms with van der Waals surface area (Å²) in [4.78, 5) is 58.4. The van der Waals surface area contributed by atoms with Crippen molar-refractivity contribution >= 4 is 17.9 Å². The number of aromatic amines is 2. The van der Waals surface area contributed by atoms with Crippen LogP contribution < -0.4 is 10.6 Å². The van der Waals surface area contributed by atoms with E-state index < -0.39 is 12.1 Å². The zero-order valence-electron chi connectivity index (χ0n) is 30.6. The highest BCUT2D eigenvalue weighted by atomic mass is 16.5. The molecule has 3 heterocycles. The molecular weight excluding hydrogens is 632 g/mol. The summed E-state index contributed by atoms with van der Waals surface area (Å²) in [5, 5.41) is 5.57. The first kappa shape index (κ1) is 35.6. The van der Waals surface area contributed by atoms with Gasteiger partial charge < -0.3 is 30.2 Å². The quantitative estimate of drug-likeness (QED) is 0.208. The number of imidazole rings is 2. The van der Waals surface area contributed by atoms with Gasteiger partial charge in [0.1, 0.15) is 17.7 Å². The van der Waals surface area contributed by atoms with Crippen molar-refractivity contribution in [3.63, 3.8) is 0 Å². The minimum atomic E-state index is -0.718. The Hall–Kier alpha value is -4.19. The molecule has 0 radical (unpaired) electrons. The van der Waals surface area contributed by atoms with E-state index in [4.69, 9.17) is 4.98 Å². The third kappa shape index (κ3) is 6.78. The minimum Gasteiger partial charge on any atom is -0.453 e. The molecule has 4 atom stereocenters. The Morgan fingerprint density at radius 3 is 2.20 bits per heavy atom. The molecule has 1 aliphatic heterocycles. The number of nitrogens with one attached hydrogen (secondary N) is 4. The van der Waals surface area contributed by atoms with Crippen LogP contribution in [0.1, 0.15) is 114 Å². The van der Waals surface area contributed by atoms with Crippen LogP contribution in [0.15, 0.2) is 36.7 Å². The van der Waals surface area contributed by atoms with Gasteiger partial charge in [-0.15, -0.1) is 0 Å². The van der Waals surface area contributed by atoms with Gasteiger partial charge in [0.25, 0.3) is 0 Å². The van der Waals surface area contributed by atoms with E-state index in [9.17, 15) is 14.4 Å². The van der Waals surface area contributed by atoms with Crippen molar-refractivity contribution in [2.24, 2.45) is 5.92 Å².